The average Bonchev–Trinajstić information content (AvgIpc) is 2.55. The third-order valence-corrected chi connectivity index (χ3v) is 3.44. The lowest BCUT2D eigenvalue weighted by atomic mass is 10.1. The number of nitriles is 1. The van der Waals surface area contributed by atoms with Crippen molar-refractivity contribution in [2.45, 2.75) is 12.6 Å². The number of carbonyl (C=O) groups excluding carboxylic acids is 2. The van der Waals surface area contributed by atoms with E-state index in [1.807, 2.05) is 11.4 Å². The number of hydrogen-bond acceptors (Lipinski definition) is 3. The second-order valence-electron chi connectivity index (χ2n) is 5.12. The molecule has 0 saturated carbocycles. The minimum absolute atomic E-state index is 0.138. The molecule has 2 rings (SSSR count). The van der Waals surface area contributed by atoms with Crippen molar-refractivity contribution in [2.75, 3.05) is 10.6 Å². The zero-order valence-corrected chi connectivity index (χ0v) is 13.8. The van der Waals surface area contributed by atoms with E-state index in [1.165, 1.54) is 18.2 Å². The van der Waals surface area contributed by atoms with E-state index in [4.69, 9.17) is 16.9 Å². The molecule has 2 aromatic carbocycles. The second-order valence-corrected chi connectivity index (χ2v) is 5.55. The van der Waals surface area contributed by atoms with Gasteiger partial charge < -0.3 is 10.6 Å². The SMILES string of the molecule is N#Cc1ccccc1NC(=O)CC(=O)Nc1ccc(Cl)cc1C(F)(F)F. The fourth-order valence-electron chi connectivity index (χ4n) is 2.08. The Hall–Kier alpha value is -3.05. The number of amides is 2. The maximum absolute atomic E-state index is 13.0. The highest BCUT2D eigenvalue weighted by molar-refractivity contribution is 6.30. The van der Waals surface area contributed by atoms with Crippen molar-refractivity contribution in [1.82, 2.24) is 0 Å². The van der Waals surface area contributed by atoms with E-state index in [9.17, 15) is 22.8 Å². The lowest BCUT2D eigenvalue weighted by molar-refractivity contribution is -0.137. The number of halogens is 4. The number of hydrogen-bond donors (Lipinski definition) is 2. The minimum Gasteiger partial charge on any atom is -0.325 e. The molecular weight excluding hydrogens is 371 g/mol. The van der Waals surface area contributed by atoms with Gasteiger partial charge in [0.15, 0.2) is 0 Å². The summed E-state index contributed by atoms with van der Waals surface area (Å²) in [5, 5.41) is 13.2. The van der Waals surface area contributed by atoms with Gasteiger partial charge in [0, 0.05) is 5.02 Å². The smallest absolute Gasteiger partial charge is 0.325 e. The van der Waals surface area contributed by atoms with Crippen LogP contribution in [0.15, 0.2) is 42.5 Å². The maximum atomic E-state index is 13.0. The molecule has 2 amide bonds. The molecule has 0 radical (unpaired) electrons. The molecule has 9 heteroatoms. The molecule has 0 fully saturated rings. The Kier molecular flexibility index (Phi) is 5.85. The van der Waals surface area contributed by atoms with Crippen molar-refractivity contribution in [3.63, 3.8) is 0 Å². The van der Waals surface area contributed by atoms with Crippen LogP contribution < -0.4 is 10.6 Å². The van der Waals surface area contributed by atoms with Crippen molar-refractivity contribution in [2.24, 2.45) is 0 Å². The normalized spacial score (nSPS) is 10.7. The van der Waals surface area contributed by atoms with Gasteiger partial charge in [-0.05, 0) is 30.3 Å². The van der Waals surface area contributed by atoms with Gasteiger partial charge in [0.05, 0.1) is 22.5 Å². The molecule has 0 bridgehead atoms. The van der Waals surface area contributed by atoms with Crippen LogP contribution in [-0.4, -0.2) is 11.8 Å². The number of alkyl halides is 3. The van der Waals surface area contributed by atoms with Crippen LogP contribution in [0, 0.1) is 11.3 Å². The van der Waals surface area contributed by atoms with Crippen LogP contribution in [0.1, 0.15) is 17.5 Å². The summed E-state index contributed by atoms with van der Waals surface area (Å²) in [6.45, 7) is 0. The number of rotatable bonds is 4. The quantitative estimate of drug-likeness (QED) is 0.779. The highest BCUT2D eigenvalue weighted by Gasteiger charge is 2.34. The van der Waals surface area contributed by atoms with E-state index in [0.717, 1.165) is 6.07 Å². The number of anilines is 2. The Morgan fingerprint density at radius 3 is 2.27 bits per heavy atom. The molecule has 5 nitrogen and oxygen atoms in total. The summed E-state index contributed by atoms with van der Waals surface area (Å²) in [7, 11) is 0. The second kappa shape index (κ2) is 7.89. The number of carbonyl (C=O) groups is 2. The Labute approximate surface area is 151 Å². The van der Waals surface area contributed by atoms with Gasteiger partial charge >= 0.3 is 6.18 Å². The number of nitrogens with one attached hydrogen (secondary N) is 2. The van der Waals surface area contributed by atoms with Crippen LogP contribution in [0.5, 0.6) is 0 Å². The minimum atomic E-state index is -4.72. The number of nitrogens with zero attached hydrogens (tertiary/aromatic N) is 1. The first-order valence-electron chi connectivity index (χ1n) is 7.16. The molecule has 0 atom stereocenters. The van der Waals surface area contributed by atoms with Gasteiger partial charge in [0.2, 0.25) is 11.8 Å². The fourth-order valence-corrected chi connectivity index (χ4v) is 2.26. The van der Waals surface area contributed by atoms with Crippen molar-refractivity contribution in [1.29, 1.82) is 5.26 Å². The Bertz CT molecular complexity index is 892. The third-order valence-electron chi connectivity index (χ3n) is 3.20. The highest BCUT2D eigenvalue weighted by atomic mass is 35.5. The fraction of sp³-hybridized carbons (Fsp3) is 0.118. The van der Waals surface area contributed by atoms with E-state index in [0.29, 0.717) is 6.07 Å². The number of benzene rings is 2. The molecule has 2 N–H and O–H groups in total. The monoisotopic (exact) mass is 381 g/mol. The Morgan fingerprint density at radius 2 is 1.65 bits per heavy atom. The predicted octanol–water partition coefficient (Wildman–Crippen LogP) is 4.20. The number of para-hydroxylation sites is 1. The average molecular weight is 382 g/mol. The molecular formula is C17H11ClF3N3O2. The van der Waals surface area contributed by atoms with Crippen molar-refractivity contribution >= 4 is 34.8 Å². The molecule has 0 spiro atoms. The summed E-state index contributed by atoms with van der Waals surface area (Å²) in [5.74, 6) is -1.71. The van der Waals surface area contributed by atoms with Gasteiger partial charge in [-0.15, -0.1) is 0 Å². The molecule has 0 unspecified atom stereocenters. The molecule has 0 aliphatic heterocycles. The molecule has 0 aliphatic rings. The summed E-state index contributed by atoms with van der Waals surface area (Å²) in [5.41, 5.74) is -1.22. The van der Waals surface area contributed by atoms with E-state index >= 15 is 0 Å². The zero-order chi connectivity index (χ0) is 19.3. The van der Waals surface area contributed by atoms with Crippen LogP contribution >= 0.6 is 11.6 Å². The van der Waals surface area contributed by atoms with Crippen LogP contribution in [0.2, 0.25) is 5.02 Å². The lowest BCUT2D eigenvalue weighted by Crippen LogP contribution is -2.23. The Morgan fingerprint density at radius 1 is 1.04 bits per heavy atom. The summed E-state index contributed by atoms with van der Waals surface area (Å²) >= 11 is 5.56. The standard InChI is InChI=1S/C17H11ClF3N3O2/c18-11-5-6-14(12(7-11)17(19,20)21)24-16(26)8-15(25)23-13-4-2-1-3-10(13)9-22/h1-7H,8H2,(H,23,25)(H,24,26). The van der Waals surface area contributed by atoms with Gasteiger partial charge in [-0.2, -0.15) is 18.4 Å². The topological polar surface area (TPSA) is 82.0 Å². The summed E-state index contributed by atoms with van der Waals surface area (Å²) in [6, 6.07) is 10.9. The van der Waals surface area contributed by atoms with E-state index in [-0.39, 0.29) is 16.3 Å². The van der Waals surface area contributed by atoms with Crippen LogP contribution in [0.25, 0.3) is 0 Å². The lowest BCUT2D eigenvalue weighted by Gasteiger charge is -2.14. The molecule has 26 heavy (non-hydrogen) atoms. The van der Waals surface area contributed by atoms with Gasteiger partial charge in [0.1, 0.15) is 12.5 Å². The highest BCUT2D eigenvalue weighted by Crippen LogP contribution is 2.36. The largest absolute Gasteiger partial charge is 0.418 e. The third kappa shape index (κ3) is 4.97. The Balaban J connectivity index is 2.08. The zero-order valence-electron chi connectivity index (χ0n) is 13.0. The first-order valence-corrected chi connectivity index (χ1v) is 7.54. The molecule has 0 aliphatic carbocycles. The predicted molar refractivity (Wildman–Crippen MR) is 89.5 cm³/mol. The van der Waals surface area contributed by atoms with Crippen molar-refractivity contribution in [3.05, 3.63) is 58.6 Å². The van der Waals surface area contributed by atoms with Crippen LogP contribution in [0.3, 0.4) is 0 Å². The van der Waals surface area contributed by atoms with E-state index < -0.39 is 35.7 Å². The summed E-state index contributed by atoms with van der Waals surface area (Å²) in [6.07, 6.45) is -5.44. The first kappa shape index (κ1) is 19.3. The molecule has 134 valence electrons. The molecule has 2 aromatic rings. The summed E-state index contributed by atoms with van der Waals surface area (Å²) in [4.78, 5) is 23.8. The molecule has 0 heterocycles. The van der Waals surface area contributed by atoms with E-state index in [1.54, 1.807) is 12.1 Å². The molecule has 0 aromatic heterocycles. The van der Waals surface area contributed by atoms with Crippen LogP contribution in [-0.2, 0) is 15.8 Å². The van der Waals surface area contributed by atoms with Crippen LogP contribution in [0.4, 0.5) is 24.5 Å². The van der Waals surface area contributed by atoms with E-state index in [2.05, 4.69) is 5.32 Å². The van der Waals surface area contributed by atoms with Gasteiger partial charge in [-0.3, -0.25) is 9.59 Å². The van der Waals surface area contributed by atoms with Gasteiger partial charge in [-0.25, -0.2) is 0 Å². The van der Waals surface area contributed by atoms with Crippen molar-refractivity contribution < 1.29 is 22.8 Å². The van der Waals surface area contributed by atoms with Crippen molar-refractivity contribution in [3.8, 4) is 6.07 Å². The molecule has 0 saturated heterocycles. The first-order chi connectivity index (χ1) is 12.2. The summed E-state index contributed by atoms with van der Waals surface area (Å²) < 4.78 is 39.0. The van der Waals surface area contributed by atoms with Gasteiger partial charge in [-0.1, -0.05) is 23.7 Å². The maximum Gasteiger partial charge on any atom is 0.418 e. The van der Waals surface area contributed by atoms with Gasteiger partial charge in [0.25, 0.3) is 0 Å².